The second-order valence-electron chi connectivity index (χ2n) is 9.25. The van der Waals surface area contributed by atoms with Gasteiger partial charge in [0.15, 0.2) is 11.5 Å². The number of hydrogen-bond donors (Lipinski definition) is 3. The lowest BCUT2D eigenvalue weighted by Crippen LogP contribution is -2.44. The van der Waals surface area contributed by atoms with Crippen molar-refractivity contribution >= 4 is 25.2 Å². The molecule has 0 fully saturated rings. The van der Waals surface area contributed by atoms with Crippen molar-refractivity contribution in [1.82, 2.24) is 4.98 Å². The number of phenols is 1. The van der Waals surface area contributed by atoms with Crippen LogP contribution in [0.3, 0.4) is 0 Å². The number of aromatic amines is 1. The van der Waals surface area contributed by atoms with Crippen LogP contribution >= 0.6 is 0 Å². The Balaban J connectivity index is 1.88. The topological polar surface area (TPSA) is 109 Å². The predicted molar refractivity (Wildman–Crippen MR) is 127 cm³/mol. The number of aromatic carboxylic acids is 1. The number of carboxylic acid groups (broad SMARTS) is 1. The minimum atomic E-state index is -2.31. The number of rotatable bonds is 7. The third-order valence-corrected chi connectivity index (χ3v) is 10.3. The largest absolute Gasteiger partial charge is 0.540 e. The van der Waals surface area contributed by atoms with Crippen molar-refractivity contribution in [2.75, 3.05) is 6.61 Å². The Hall–Kier alpha value is -3.26. The highest BCUT2D eigenvalue weighted by atomic mass is 28.4. The first-order valence-corrected chi connectivity index (χ1v) is 13.3. The molecule has 3 rings (SSSR count). The van der Waals surface area contributed by atoms with E-state index in [2.05, 4.69) is 38.8 Å². The van der Waals surface area contributed by atoms with Crippen LogP contribution in [0.5, 0.6) is 17.2 Å². The molecule has 32 heavy (non-hydrogen) atoms. The summed E-state index contributed by atoms with van der Waals surface area (Å²) < 4.78 is 12.3. The van der Waals surface area contributed by atoms with E-state index in [1.165, 1.54) is 18.2 Å². The van der Waals surface area contributed by atoms with Gasteiger partial charge < -0.3 is 24.4 Å². The van der Waals surface area contributed by atoms with Crippen LogP contribution in [0.15, 0.2) is 47.3 Å². The van der Waals surface area contributed by atoms with E-state index in [9.17, 15) is 19.8 Å². The standard InChI is InChI=1S/C24H29NO6Si/c1-24(2,3)32(4,5)31-22-17(23(28)29)7-6-8-19(22)30-14-13-15-9-11-18(26)21-16(15)10-12-20(27)25-21/h6-12,26H,13-14H2,1-5H3,(H,25,27)(H,28,29). The number of benzene rings is 2. The number of para-hydroxylation sites is 1. The fraction of sp³-hybridized carbons (Fsp3) is 0.333. The summed E-state index contributed by atoms with van der Waals surface area (Å²) in [5, 5.41) is 20.3. The molecule has 8 heteroatoms. The summed E-state index contributed by atoms with van der Waals surface area (Å²) in [6, 6.07) is 11.2. The van der Waals surface area contributed by atoms with Crippen molar-refractivity contribution < 1.29 is 24.2 Å². The van der Waals surface area contributed by atoms with Crippen molar-refractivity contribution in [3.63, 3.8) is 0 Å². The molecule has 0 saturated heterocycles. The molecule has 170 valence electrons. The second kappa shape index (κ2) is 8.70. The molecular weight excluding hydrogens is 426 g/mol. The summed E-state index contributed by atoms with van der Waals surface area (Å²) in [5.41, 5.74) is 1.04. The number of phenolic OH excluding ortho intramolecular Hbond substituents is 1. The van der Waals surface area contributed by atoms with E-state index in [1.54, 1.807) is 24.3 Å². The van der Waals surface area contributed by atoms with E-state index in [4.69, 9.17) is 9.16 Å². The number of H-pyrrole nitrogens is 1. The van der Waals surface area contributed by atoms with Gasteiger partial charge in [-0.25, -0.2) is 4.79 Å². The number of fused-ring (bicyclic) bond motifs is 1. The normalized spacial score (nSPS) is 12.0. The molecule has 0 bridgehead atoms. The maximum Gasteiger partial charge on any atom is 0.339 e. The van der Waals surface area contributed by atoms with Gasteiger partial charge in [0.2, 0.25) is 5.56 Å². The summed E-state index contributed by atoms with van der Waals surface area (Å²) in [6.45, 7) is 10.6. The third kappa shape index (κ3) is 4.80. The summed E-state index contributed by atoms with van der Waals surface area (Å²) in [5.74, 6) is -0.433. The minimum absolute atomic E-state index is 0.00147. The summed E-state index contributed by atoms with van der Waals surface area (Å²) in [7, 11) is -2.31. The molecule has 1 aromatic heterocycles. The van der Waals surface area contributed by atoms with Crippen LogP contribution < -0.4 is 14.7 Å². The molecule has 0 spiro atoms. The maximum absolute atomic E-state index is 11.8. The third-order valence-electron chi connectivity index (χ3n) is 5.97. The van der Waals surface area contributed by atoms with Gasteiger partial charge in [-0.1, -0.05) is 32.9 Å². The summed E-state index contributed by atoms with van der Waals surface area (Å²) >= 11 is 0. The van der Waals surface area contributed by atoms with Gasteiger partial charge in [-0.05, 0) is 48.0 Å². The number of pyridine rings is 1. The van der Waals surface area contributed by atoms with Crippen LogP contribution in [0, 0.1) is 0 Å². The van der Waals surface area contributed by atoms with Crippen LogP contribution in [-0.2, 0) is 6.42 Å². The van der Waals surface area contributed by atoms with E-state index < -0.39 is 14.3 Å². The van der Waals surface area contributed by atoms with Gasteiger partial charge in [0.1, 0.15) is 11.3 Å². The molecule has 0 radical (unpaired) electrons. The minimum Gasteiger partial charge on any atom is -0.540 e. The van der Waals surface area contributed by atoms with Crippen molar-refractivity contribution in [2.24, 2.45) is 0 Å². The number of nitrogens with one attached hydrogen (secondary N) is 1. The zero-order chi connectivity index (χ0) is 23.7. The van der Waals surface area contributed by atoms with Crippen molar-refractivity contribution in [1.29, 1.82) is 0 Å². The fourth-order valence-corrected chi connectivity index (χ4v) is 4.12. The van der Waals surface area contributed by atoms with E-state index in [0.29, 0.717) is 17.7 Å². The molecule has 0 atom stereocenters. The molecule has 0 aliphatic rings. The lowest BCUT2D eigenvalue weighted by atomic mass is 10.1. The number of carboxylic acids is 1. The van der Waals surface area contributed by atoms with Crippen molar-refractivity contribution in [2.45, 2.75) is 45.3 Å². The van der Waals surface area contributed by atoms with Crippen LogP contribution in [0.4, 0.5) is 0 Å². The molecular formula is C24H29NO6Si. The molecule has 2 aromatic carbocycles. The summed E-state index contributed by atoms with van der Waals surface area (Å²) in [6.07, 6.45) is 0.486. The highest BCUT2D eigenvalue weighted by Crippen LogP contribution is 2.41. The highest BCUT2D eigenvalue weighted by Gasteiger charge is 2.40. The Morgan fingerprint density at radius 2 is 1.81 bits per heavy atom. The van der Waals surface area contributed by atoms with Gasteiger partial charge in [0.05, 0.1) is 12.1 Å². The van der Waals surface area contributed by atoms with Crippen LogP contribution in [0.2, 0.25) is 18.1 Å². The summed E-state index contributed by atoms with van der Waals surface area (Å²) in [4.78, 5) is 26.1. The lowest BCUT2D eigenvalue weighted by molar-refractivity contribution is 0.0694. The smallest absolute Gasteiger partial charge is 0.339 e. The SMILES string of the molecule is CC(C)(C)[Si](C)(C)Oc1c(OCCc2ccc(O)c3[nH]c(=O)ccc23)cccc1C(=O)O. The molecule has 0 aliphatic heterocycles. The number of hydrogen-bond acceptors (Lipinski definition) is 5. The first-order valence-electron chi connectivity index (χ1n) is 10.4. The monoisotopic (exact) mass is 455 g/mol. The lowest BCUT2D eigenvalue weighted by Gasteiger charge is -2.37. The van der Waals surface area contributed by atoms with Crippen LogP contribution in [-0.4, -0.2) is 36.1 Å². The Morgan fingerprint density at radius 3 is 2.47 bits per heavy atom. The molecule has 0 saturated carbocycles. The second-order valence-corrected chi connectivity index (χ2v) is 14.0. The van der Waals surface area contributed by atoms with E-state index in [-0.39, 0.29) is 34.3 Å². The molecule has 1 heterocycles. The Morgan fingerprint density at radius 1 is 1.09 bits per heavy atom. The van der Waals surface area contributed by atoms with Crippen molar-refractivity contribution in [3.05, 3.63) is 63.9 Å². The van der Waals surface area contributed by atoms with Gasteiger partial charge in [-0.2, -0.15) is 0 Å². The molecule has 7 nitrogen and oxygen atoms in total. The average Bonchev–Trinajstić information content (AvgIpc) is 2.69. The highest BCUT2D eigenvalue weighted by molar-refractivity contribution is 6.74. The molecule has 0 amide bonds. The maximum atomic E-state index is 11.8. The van der Waals surface area contributed by atoms with Gasteiger partial charge in [-0.3, -0.25) is 4.79 Å². The quantitative estimate of drug-likeness (QED) is 0.436. The Bertz CT molecular complexity index is 1210. The number of aromatic hydroxyl groups is 1. The number of carbonyl (C=O) groups is 1. The number of aromatic nitrogens is 1. The number of ether oxygens (including phenoxy) is 1. The average molecular weight is 456 g/mol. The molecule has 3 N–H and O–H groups in total. The zero-order valence-electron chi connectivity index (χ0n) is 19.0. The predicted octanol–water partition coefficient (Wildman–Crippen LogP) is 4.94. The molecule has 3 aromatic rings. The van der Waals surface area contributed by atoms with Gasteiger partial charge in [-0.15, -0.1) is 0 Å². The van der Waals surface area contributed by atoms with Gasteiger partial charge in [0.25, 0.3) is 8.32 Å². The van der Waals surface area contributed by atoms with Crippen molar-refractivity contribution in [3.8, 4) is 17.2 Å². The fourth-order valence-electron chi connectivity index (χ4n) is 3.10. The molecule has 0 aliphatic carbocycles. The Labute approximate surface area is 187 Å². The van der Waals surface area contributed by atoms with Gasteiger partial charge in [0, 0.05) is 17.9 Å². The first kappa shape index (κ1) is 23.4. The van der Waals surface area contributed by atoms with E-state index in [0.717, 1.165) is 10.9 Å². The van der Waals surface area contributed by atoms with E-state index in [1.807, 2.05) is 0 Å². The first-order chi connectivity index (χ1) is 14.9. The van der Waals surface area contributed by atoms with Crippen LogP contribution in [0.1, 0.15) is 36.7 Å². The molecule has 0 unspecified atom stereocenters. The van der Waals surface area contributed by atoms with Crippen LogP contribution in [0.25, 0.3) is 10.9 Å². The van der Waals surface area contributed by atoms with Gasteiger partial charge >= 0.3 is 5.97 Å². The van der Waals surface area contributed by atoms with E-state index >= 15 is 0 Å². The Kier molecular flexibility index (Phi) is 6.36. The zero-order valence-corrected chi connectivity index (χ0v) is 20.0.